The molecule has 95 heavy (non-hydrogen) atoms. The Kier molecular flexibility index (Phi) is 25.4. The van der Waals surface area contributed by atoms with E-state index in [1.807, 2.05) is 46.3 Å². The standard InChI is InChI=1S/C63H71BrClF4N13O11S2/c1-62(2,3)33-74-58(88)45(19-21-49(85)92-29-30-93-80-56(86)37-32-47-35(23-27-82(47)7)51(69)52(37)75-42-17-16-34(64)31-38(42)65)77-59(89)46(76-57(87)41(70)14-10-28-83)18-20-48(84)71-25-26-73-61-72-24-22-44(78-61)54-53(79-60(94-54)63(4,5)6)36-11-8-15-43(50(36)68)81-95(90,91)55-39(66)12-9-13-40(55)67/h8-9,11-13,15-17,22-24,27-28,31-32,41,45-46,75,81H,10,14,18-21,25-26,29-30,33,70H2,1-7H3,(H,71,84)(H,74,88)(H,76,87)(H,77,89)(H,80,86)(H,72,73,78)/t41-,45-,46-/m0/s1. The van der Waals surface area contributed by atoms with Crippen molar-refractivity contribution >= 4 is 125 Å². The van der Waals surface area contributed by atoms with Crippen LogP contribution >= 0.6 is 38.9 Å². The van der Waals surface area contributed by atoms with E-state index >= 15 is 8.78 Å². The molecule has 508 valence electrons. The minimum atomic E-state index is -4.95. The van der Waals surface area contributed by atoms with Crippen LogP contribution in [0.1, 0.15) is 95.4 Å². The zero-order chi connectivity index (χ0) is 69.5. The molecule has 0 aliphatic carbocycles. The van der Waals surface area contributed by atoms with Crippen molar-refractivity contribution in [3.8, 4) is 21.8 Å². The lowest BCUT2D eigenvalue weighted by Crippen LogP contribution is -2.56. The molecule has 5 amide bonds. The number of halogens is 6. The fourth-order valence-corrected chi connectivity index (χ4v) is 12.1. The summed E-state index contributed by atoms with van der Waals surface area (Å²) in [5.74, 6) is -9.19. The largest absolute Gasteiger partial charge is 0.463 e. The molecule has 32 heteroatoms. The minimum absolute atomic E-state index is 0.0290. The highest BCUT2D eigenvalue weighted by Crippen LogP contribution is 2.43. The van der Waals surface area contributed by atoms with E-state index in [2.05, 4.69) is 63.3 Å². The molecule has 0 unspecified atom stereocenters. The number of aldehydes is 1. The average molecular weight is 1440 g/mol. The van der Waals surface area contributed by atoms with Crippen molar-refractivity contribution in [1.82, 2.24) is 46.3 Å². The number of esters is 1. The number of sulfonamides is 1. The summed E-state index contributed by atoms with van der Waals surface area (Å²) in [6.07, 6.45) is 2.05. The van der Waals surface area contributed by atoms with Crippen LogP contribution in [0.4, 0.5) is 40.6 Å². The molecule has 0 saturated heterocycles. The van der Waals surface area contributed by atoms with Crippen LogP contribution in [0, 0.1) is 28.7 Å². The first-order valence-corrected chi connectivity index (χ1v) is 33.1. The molecule has 0 spiro atoms. The summed E-state index contributed by atoms with van der Waals surface area (Å²) in [6, 6.07) is 11.6. The third-order valence-corrected chi connectivity index (χ3v) is 17.8. The Hall–Kier alpha value is -8.62. The van der Waals surface area contributed by atoms with Crippen molar-refractivity contribution in [2.45, 2.75) is 109 Å². The van der Waals surface area contributed by atoms with Gasteiger partial charge in [-0.15, -0.1) is 11.3 Å². The molecular weight excluding hydrogens is 1370 g/mol. The first kappa shape index (κ1) is 73.8. The van der Waals surface area contributed by atoms with Crippen LogP contribution < -0.4 is 47.8 Å². The van der Waals surface area contributed by atoms with E-state index in [1.54, 1.807) is 48.1 Å². The number of amides is 5. The predicted molar refractivity (Wildman–Crippen MR) is 354 cm³/mol. The number of carbonyl (C=O) groups excluding carboxylic acids is 7. The Morgan fingerprint density at radius 2 is 1.51 bits per heavy atom. The summed E-state index contributed by atoms with van der Waals surface area (Å²) < 4.78 is 97.5. The van der Waals surface area contributed by atoms with Gasteiger partial charge in [0.1, 0.15) is 43.2 Å². The van der Waals surface area contributed by atoms with Gasteiger partial charge in [0.15, 0.2) is 16.5 Å². The maximum Gasteiger partial charge on any atom is 0.305 e. The van der Waals surface area contributed by atoms with Crippen LogP contribution in [0.25, 0.3) is 32.7 Å². The van der Waals surface area contributed by atoms with Crippen LogP contribution in [0.15, 0.2) is 94.6 Å². The number of hydroxylamine groups is 1. The van der Waals surface area contributed by atoms with Gasteiger partial charge in [0, 0.05) is 79.2 Å². The number of nitrogens with two attached hydrogens (primary N) is 1. The third-order valence-electron chi connectivity index (χ3n) is 14.0. The summed E-state index contributed by atoms with van der Waals surface area (Å²) in [4.78, 5) is 110. The maximum absolute atomic E-state index is 16.5. The number of nitrogens with one attached hydrogen (secondary N) is 8. The summed E-state index contributed by atoms with van der Waals surface area (Å²) in [5.41, 5.74) is 7.28. The minimum Gasteiger partial charge on any atom is -0.463 e. The van der Waals surface area contributed by atoms with Gasteiger partial charge in [0.2, 0.25) is 29.6 Å². The molecule has 0 saturated carbocycles. The Bertz CT molecular complexity index is 4090. The molecule has 4 aromatic carbocycles. The van der Waals surface area contributed by atoms with Crippen molar-refractivity contribution in [1.29, 1.82) is 0 Å². The molecule has 3 heterocycles. The Morgan fingerprint density at radius 3 is 2.20 bits per heavy atom. The van der Waals surface area contributed by atoms with E-state index in [4.69, 9.17) is 31.9 Å². The van der Waals surface area contributed by atoms with E-state index in [1.165, 1.54) is 35.7 Å². The van der Waals surface area contributed by atoms with Crippen LogP contribution in [-0.4, -0.2) is 121 Å². The fourth-order valence-electron chi connectivity index (χ4n) is 9.08. The van der Waals surface area contributed by atoms with Crippen molar-refractivity contribution in [2.75, 3.05) is 48.2 Å². The highest BCUT2D eigenvalue weighted by atomic mass is 79.9. The van der Waals surface area contributed by atoms with Crippen LogP contribution in [0.5, 0.6) is 0 Å². The molecule has 0 aliphatic rings. The van der Waals surface area contributed by atoms with E-state index in [9.17, 15) is 50.8 Å². The number of ether oxygens (including phenoxy) is 1. The van der Waals surface area contributed by atoms with E-state index in [0.717, 1.165) is 24.3 Å². The van der Waals surface area contributed by atoms with Crippen LogP contribution in [0.3, 0.4) is 0 Å². The van der Waals surface area contributed by atoms with Gasteiger partial charge in [-0.2, -0.15) is 0 Å². The topological polar surface area (TPSA) is 338 Å². The smallest absolute Gasteiger partial charge is 0.305 e. The SMILES string of the molecule is Cn1ccc2c(F)c(Nc3ccc(Br)cc3Cl)c(C(=O)NOCCOC(=O)CC[C@H](NC(=O)[C@H](CCC(=O)NCCNc3nccc(-c4sc(C(C)(C)C)nc4-c4cccc(NS(=O)(=O)c5c(F)cccc5F)c4F)n3)NC(=O)[C@@H](N)CCC=O)C(=O)NCC(C)(C)C)cc21. The number of aromatic nitrogens is 4. The number of benzene rings is 4. The summed E-state index contributed by atoms with van der Waals surface area (Å²) in [6.45, 7) is 10.6. The molecule has 7 aromatic rings. The van der Waals surface area contributed by atoms with Gasteiger partial charge in [-0.3, -0.25) is 38.3 Å². The number of fused-ring (bicyclic) bond motifs is 1. The van der Waals surface area contributed by atoms with E-state index in [0.29, 0.717) is 31.8 Å². The number of rotatable bonds is 31. The van der Waals surface area contributed by atoms with Gasteiger partial charge in [-0.25, -0.2) is 46.4 Å². The van der Waals surface area contributed by atoms with Crippen molar-refractivity contribution in [3.05, 3.63) is 129 Å². The Balaban J connectivity index is 0.959. The van der Waals surface area contributed by atoms with Gasteiger partial charge in [-0.1, -0.05) is 81.2 Å². The first-order chi connectivity index (χ1) is 44.8. The van der Waals surface area contributed by atoms with Crippen molar-refractivity contribution < 1.29 is 69.1 Å². The number of thiazole rings is 1. The quantitative estimate of drug-likeness (QED) is 0.00643. The van der Waals surface area contributed by atoms with Gasteiger partial charge >= 0.3 is 5.97 Å². The molecule has 7 rings (SSSR count). The van der Waals surface area contributed by atoms with Crippen LogP contribution in [0.2, 0.25) is 5.02 Å². The molecule has 24 nitrogen and oxygen atoms in total. The molecule has 0 bridgehead atoms. The second-order valence-electron chi connectivity index (χ2n) is 23.9. The zero-order valence-electron chi connectivity index (χ0n) is 52.6. The fraction of sp³-hybridized carbons (Fsp3) is 0.365. The molecule has 10 N–H and O–H groups in total. The van der Waals surface area contributed by atoms with Gasteiger partial charge in [0.05, 0.1) is 60.5 Å². The highest BCUT2D eigenvalue weighted by Gasteiger charge is 2.32. The monoisotopic (exact) mass is 1440 g/mol. The Morgan fingerprint density at radius 1 is 0.811 bits per heavy atom. The first-order valence-electron chi connectivity index (χ1n) is 29.6. The molecule has 0 radical (unpaired) electrons. The number of nitrogens with zero attached hydrogens (tertiary/aromatic N) is 4. The highest BCUT2D eigenvalue weighted by molar-refractivity contribution is 9.10. The number of carbonyl (C=O) groups is 7. The summed E-state index contributed by atoms with van der Waals surface area (Å²) >= 11 is 10.9. The second kappa shape index (κ2) is 32.7. The van der Waals surface area contributed by atoms with Crippen LogP contribution in [-0.2, 0) is 60.8 Å². The Labute approximate surface area is 562 Å². The lowest BCUT2D eigenvalue weighted by molar-refractivity contribution is -0.146. The number of aryl methyl sites for hydroxylation is 1. The van der Waals surface area contributed by atoms with Gasteiger partial charge < -0.3 is 51.7 Å². The maximum atomic E-state index is 16.5. The van der Waals surface area contributed by atoms with E-state index < -0.39 is 121 Å². The average Bonchev–Trinajstić information content (AvgIpc) is 1.72. The second-order valence-corrected chi connectivity index (χ2v) is 27.8. The van der Waals surface area contributed by atoms with Gasteiger partial charge in [-0.05, 0) is 85.3 Å². The third kappa shape index (κ3) is 20.2. The summed E-state index contributed by atoms with van der Waals surface area (Å²) in [5, 5.41) is 17.5. The molecular formula is C63H71BrClF4N13O11S2. The molecule has 0 fully saturated rings. The number of hydrogen-bond acceptors (Lipinski definition) is 18. The molecule has 3 aromatic heterocycles. The van der Waals surface area contributed by atoms with Gasteiger partial charge in [0.25, 0.3) is 15.9 Å². The van der Waals surface area contributed by atoms with Crippen molar-refractivity contribution in [3.63, 3.8) is 0 Å². The number of anilines is 4. The van der Waals surface area contributed by atoms with Crippen molar-refractivity contribution in [2.24, 2.45) is 18.2 Å². The molecule has 0 aliphatic heterocycles. The lowest BCUT2D eigenvalue weighted by Gasteiger charge is -2.25. The number of hydrogen-bond donors (Lipinski definition) is 9. The predicted octanol–water partition coefficient (Wildman–Crippen LogP) is 9.00. The lowest BCUT2D eigenvalue weighted by atomic mass is 9.96. The molecule has 3 atom stereocenters. The summed E-state index contributed by atoms with van der Waals surface area (Å²) in [7, 11) is -3.27. The normalized spacial score (nSPS) is 12.7. The zero-order valence-corrected chi connectivity index (χ0v) is 56.6. The van der Waals surface area contributed by atoms with E-state index in [-0.39, 0.29) is 103 Å².